The molecule has 0 spiro atoms. The maximum absolute atomic E-state index is 6.31. The highest BCUT2D eigenvalue weighted by Gasteiger charge is 2.38. The number of hydrogen-bond acceptors (Lipinski definition) is 3. The number of rotatable bonds is 3. The van der Waals surface area contributed by atoms with Gasteiger partial charge in [0.15, 0.2) is 0 Å². The van der Waals surface area contributed by atoms with E-state index in [9.17, 15) is 0 Å². The first kappa shape index (κ1) is 14.5. The molecular weight excluding hydrogens is 316 g/mol. The summed E-state index contributed by atoms with van der Waals surface area (Å²) >= 11 is 3.70. The predicted molar refractivity (Wildman–Crippen MR) is 84.4 cm³/mol. The molecule has 2 aliphatic rings. The first-order valence-corrected chi connectivity index (χ1v) is 8.59. The van der Waals surface area contributed by atoms with E-state index in [4.69, 9.17) is 5.73 Å². The Labute approximate surface area is 129 Å². The molecular formula is C15H25BrN4. The maximum atomic E-state index is 6.31. The maximum Gasteiger partial charge on any atom is 0.0739 e. The summed E-state index contributed by atoms with van der Waals surface area (Å²) in [6.45, 7) is 8.52. The minimum Gasteiger partial charge on any atom is -0.327 e. The number of halogens is 1. The molecule has 1 aliphatic carbocycles. The Bertz CT molecular complexity index is 484. The van der Waals surface area contributed by atoms with Crippen LogP contribution in [0.15, 0.2) is 4.47 Å². The van der Waals surface area contributed by atoms with Gasteiger partial charge in [-0.3, -0.25) is 9.58 Å². The number of hydrogen-bond donors (Lipinski definition) is 1. The van der Waals surface area contributed by atoms with Crippen molar-refractivity contribution in [1.82, 2.24) is 14.7 Å². The Morgan fingerprint density at radius 2 is 2.15 bits per heavy atom. The molecule has 3 atom stereocenters. The van der Waals surface area contributed by atoms with Crippen LogP contribution in [0.25, 0.3) is 0 Å². The van der Waals surface area contributed by atoms with Crippen molar-refractivity contribution in [2.75, 3.05) is 13.1 Å². The molecule has 20 heavy (non-hydrogen) atoms. The number of aromatic nitrogens is 2. The molecule has 1 aromatic heterocycles. The second kappa shape index (κ2) is 5.78. The number of likely N-dealkylation sites (tertiary alicyclic amines) is 1. The minimum absolute atomic E-state index is 0.417. The van der Waals surface area contributed by atoms with Crippen molar-refractivity contribution in [3.8, 4) is 0 Å². The highest BCUT2D eigenvalue weighted by Crippen LogP contribution is 2.36. The fourth-order valence-electron chi connectivity index (χ4n) is 3.97. The van der Waals surface area contributed by atoms with Crippen molar-refractivity contribution < 1.29 is 0 Å². The highest BCUT2D eigenvalue weighted by atomic mass is 79.9. The van der Waals surface area contributed by atoms with Crippen molar-refractivity contribution >= 4 is 15.9 Å². The molecule has 1 saturated heterocycles. The molecule has 3 unspecified atom stereocenters. The van der Waals surface area contributed by atoms with Gasteiger partial charge in [-0.1, -0.05) is 6.42 Å². The zero-order chi connectivity index (χ0) is 14.3. The van der Waals surface area contributed by atoms with Gasteiger partial charge in [-0.2, -0.15) is 5.10 Å². The first-order chi connectivity index (χ1) is 9.60. The summed E-state index contributed by atoms with van der Waals surface area (Å²) in [4.78, 5) is 2.58. The lowest BCUT2D eigenvalue weighted by Gasteiger charge is -2.29. The summed E-state index contributed by atoms with van der Waals surface area (Å²) in [6.07, 6.45) is 3.89. The minimum atomic E-state index is 0.417. The topological polar surface area (TPSA) is 47.1 Å². The van der Waals surface area contributed by atoms with Crippen molar-refractivity contribution in [3.05, 3.63) is 15.9 Å². The Kier molecular flexibility index (Phi) is 4.20. The summed E-state index contributed by atoms with van der Waals surface area (Å²) in [7, 11) is 0. The van der Waals surface area contributed by atoms with Crippen LogP contribution in [0, 0.1) is 18.8 Å². The van der Waals surface area contributed by atoms with Gasteiger partial charge < -0.3 is 5.73 Å². The lowest BCUT2D eigenvalue weighted by molar-refractivity contribution is 0.259. The van der Waals surface area contributed by atoms with Crippen molar-refractivity contribution in [2.24, 2.45) is 17.6 Å². The van der Waals surface area contributed by atoms with Crippen LogP contribution >= 0.6 is 15.9 Å². The lowest BCUT2D eigenvalue weighted by Crippen LogP contribution is -2.38. The van der Waals surface area contributed by atoms with Crippen LogP contribution < -0.4 is 5.73 Å². The van der Waals surface area contributed by atoms with Crippen LogP contribution in [-0.2, 0) is 13.1 Å². The standard InChI is InChI=1S/C15H25BrN4/c1-3-20-14(15(16)10(2)18-20)9-19-7-11-5-4-6-13(17)12(11)8-19/h11-13H,3-9,17H2,1-2H3. The number of fused-ring (bicyclic) bond motifs is 1. The van der Waals surface area contributed by atoms with Gasteiger partial charge in [0.05, 0.1) is 15.9 Å². The summed E-state index contributed by atoms with van der Waals surface area (Å²) in [5.41, 5.74) is 8.72. The second-order valence-electron chi connectivity index (χ2n) is 6.37. The van der Waals surface area contributed by atoms with Crippen molar-refractivity contribution in [2.45, 2.75) is 52.2 Å². The molecule has 1 aromatic rings. The Morgan fingerprint density at radius 3 is 2.85 bits per heavy atom. The smallest absolute Gasteiger partial charge is 0.0739 e. The SMILES string of the molecule is CCn1nc(C)c(Br)c1CN1CC2CCCC(N)C2C1. The van der Waals surface area contributed by atoms with Gasteiger partial charge in [0.25, 0.3) is 0 Å². The van der Waals surface area contributed by atoms with Gasteiger partial charge in [0.2, 0.25) is 0 Å². The highest BCUT2D eigenvalue weighted by molar-refractivity contribution is 9.10. The molecule has 5 heteroatoms. The molecule has 4 nitrogen and oxygen atoms in total. The molecule has 1 saturated carbocycles. The van der Waals surface area contributed by atoms with Gasteiger partial charge in [0, 0.05) is 32.2 Å². The fourth-order valence-corrected chi connectivity index (χ4v) is 4.38. The summed E-state index contributed by atoms with van der Waals surface area (Å²) in [5.74, 6) is 1.53. The van der Waals surface area contributed by atoms with E-state index in [1.54, 1.807) is 0 Å². The van der Waals surface area contributed by atoms with E-state index >= 15 is 0 Å². The van der Waals surface area contributed by atoms with Crippen molar-refractivity contribution in [3.63, 3.8) is 0 Å². The Hall–Kier alpha value is -0.390. The van der Waals surface area contributed by atoms with E-state index in [1.807, 2.05) is 0 Å². The monoisotopic (exact) mass is 340 g/mol. The van der Waals surface area contributed by atoms with E-state index in [-0.39, 0.29) is 0 Å². The van der Waals surface area contributed by atoms with Crippen LogP contribution in [-0.4, -0.2) is 33.8 Å². The van der Waals surface area contributed by atoms with Crippen LogP contribution in [0.5, 0.6) is 0 Å². The Morgan fingerprint density at radius 1 is 1.35 bits per heavy atom. The fraction of sp³-hybridized carbons (Fsp3) is 0.800. The molecule has 2 fully saturated rings. The van der Waals surface area contributed by atoms with Gasteiger partial charge in [0.1, 0.15) is 0 Å². The lowest BCUT2D eigenvalue weighted by atomic mass is 9.78. The number of nitrogens with zero attached hydrogens (tertiary/aromatic N) is 3. The zero-order valence-corrected chi connectivity index (χ0v) is 14.1. The molecule has 0 amide bonds. The summed E-state index contributed by atoms with van der Waals surface area (Å²) < 4.78 is 3.31. The van der Waals surface area contributed by atoms with Crippen LogP contribution in [0.3, 0.4) is 0 Å². The van der Waals surface area contributed by atoms with E-state index in [0.717, 1.165) is 31.2 Å². The van der Waals surface area contributed by atoms with Crippen molar-refractivity contribution in [1.29, 1.82) is 0 Å². The van der Waals surface area contributed by atoms with E-state index in [0.29, 0.717) is 12.0 Å². The van der Waals surface area contributed by atoms with Gasteiger partial charge in [-0.05, 0) is 54.5 Å². The van der Waals surface area contributed by atoms with E-state index in [2.05, 4.69) is 44.5 Å². The molecule has 3 rings (SSSR count). The number of nitrogens with two attached hydrogens (primary N) is 1. The van der Waals surface area contributed by atoms with E-state index in [1.165, 1.54) is 36.0 Å². The zero-order valence-electron chi connectivity index (χ0n) is 12.5. The van der Waals surface area contributed by atoms with E-state index < -0.39 is 0 Å². The molecule has 0 aromatic carbocycles. The van der Waals surface area contributed by atoms with Crippen LogP contribution in [0.4, 0.5) is 0 Å². The summed E-state index contributed by atoms with van der Waals surface area (Å²) in [5, 5.41) is 4.59. The van der Waals surface area contributed by atoms with Crippen LogP contribution in [0.2, 0.25) is 0 Å². The third-order valence-electron chi connectivity index (χ3n) is 5.06. The predicted octanol–water partition coefficient (Wildman–Crippen LogP) is 2.53. The number of aryl methyl sites for hydroxylation is 2. The van der Waals surface area contributed by atoms with Gasteiger partial charge >= 0.3 is 0 Å². The third-order valence-corrected chi connectivity index (χ3v) is 6.09. The molecule has 2 N–H and O–H groups in total. The Balaban J connectivity index is 1.73. The van der Waals surface area contributed by atoms with Crippen LogP contribution in [0.1, 0.15) is 37.6 Å². The van der Waals surface area contributed by atoms with Gasteiger partial charge in [-0.25, -0.2) is 0 Å². The molecule has 0 radical (unpaired) electrons. The summed E-state index contributed by atoms with van der Waals surface area (Å²) in [6, 6.07) is 0.417. The largest absolute Gasteiger partial charge is 0.327 e. The molecule has 2 heterocycles. The quantitative estimate of drug-likeness (QED) is 0.919. The average molecular weight is 341 g/mol. The second-order valence-corrected chi connectivity index (χ2v) is 7.17. The van der Waals surface area contributed by atoms with Gasteiger partial charge in [-0.15, -0.1) is 0 Å². The molecule has 1 aliphatic heterocycles. The molecule has 112 valence electrons. The normalized spacial score (nSPS) is 30.7. The average Bonchev–Trinajstić information content (AvgIpc) is 2.96. The molecule has 0 bridgehead atoms. The third kappa shape index (κ3) is 2.55. The first-order valence-electron chi connectivity index (χ1n) is 7.79.